The molecule has 4 aromatic rings. The number of nitrogens with zero attached hydrogens (tertiary/aromatic N) is 8. The molecule has 3 aromatic heterocycles. The van der Waals surface area contributed by atoms with Crippen molar-refractivity contribution >= 4 is 0 Å². The molecule has 0 spiro atoms. The number of hydrogen-bond acceptors (Lipinski definition) is 7. The summed E-state index contributed by atoms with van der Waals surface area (Å²) in [4.78, 5) is 4.04. The number of benzene rings is 1. The van der Waals surface area contributed by atoms with Crippen LogP contribution < -0.4 is 4.74 Å². The minimum absolute atomic E-state index is 0.0543. The van der Waals surface area contributed by atoms with Crippen LogP contribution in [-0.2, 0) is 6.61 Å². The van der Waals surface area contributed by atoms with Crippen molar-refractivity contribution in [3.63, 3.8) is 0 Å². The predicted octanol–water partition coefficient (Wildman–Crippen LogP) is 2.77. The molecule has 0 atom stereocenters. The highest BCUT2D eigenvalue weighted by molar-refractivity contribution is 5.36. The van der Waals surface area contributed by atoms with E-state index in [1.165, 1.54) is 16.8 Å². The first kappa shape index (κ1) is 18.6. The second-order valence-electron chi connectivity index (χ2n) is 6.18. The number of alkyl halides is 2. The lowest BCUT2D eigenvalue weighted by atomic mass is 10.2. The van der Waals surface area contributed by atoms with Gasteiger partial charge in [-0.3, -0.25) is 0 Å². The highest BCUT2D eigenvalue weighted by Crippen LogP contribution is 2.21. The molecule has 0 saturated carbocycles. The van der Waals surface area contributed by atoms with Gasteiger partial charge in [0.05, 0.1) is 11.4 Å². The van der Waals surface area contributed by atoms with Crippen molar-refractivity contribution in [3.05, 3.63) is 65.5 Å². The van der Waals surface area contributed by atoms with E-state index in [0.717, 1.165) is 0 Å². The smallest absolute Gasteiger partial charge is 0.263 e. The van der Waals surface area contributed by atoms with Gasteiger partial charge in [-0.1, -0.05) is 17.3 Å². The molecule has 0 aliphatic carbocycles. The number of hydrogen-bond donors (Lipinski definition) is 0. The highest BCUT2D eigenvalue weighted by Gasteiger charge is 2.14. The minimum Gasteiger partial charge on any atom is -0.470 e. The van der Waals surface area contributed by atoms with E-state index in [-0.39, 0.29) is 12.2 Å². The Balaban J connectivity index is 1.49. The fraction of sp³-hybridized carbons (Fsp3) is 0.222. The van der Waals surface area contributed by atoms with Gasteiger partial charge in [0.2, 0.25) is 5.88 Å². The Labute approximate surface area is 164 Å². The van der Waals surface area contributed by atoms with Crippen LogP contribution in [0.4, 0.5) is 8.78 Å². The molecule has 148 valence electrons. The van der Waals surface area contributed by atoms with Crippen LogP contribution >= 0.6 is 0 Å². The predicted molar refractivity (Wildman–Crippen MR) is 97.1 cm³/mol. The van der Waals surface area contributed by atoms with Crippen molar-refractivity contribution in [1.29, 1.82) is 0 Å². The Kier molecular flexibility index (Phi) is 4.94. The molecule has 11 heteroatoms. The zero-order valence-electron chi connectivity index (χ0n) is 15.6. The molecular formula is C18H16F2N8O. The van der Waals surface area contributed by atoms with Crippen LogP contribution in [0.25, 0.3) is 11.5 Å². The zero-order chi connectivity index (χ0) is 20.4. The molecule has 0 N–H and O–H groups in total. The lowest BCUT2D eigenvalue weighted by Gasteiger charge is -2.09. The van der Waals surface area contributed by atoms with E-state index in [2.05, 4.69) is 30.6 Å². The van der Waals surface area contributed by atoms with E-state index in [0.29, 0.717) is 34.6 Å². The van der Waals surface area contributed by atoms with Crippen molar-refractivity contribution in [1.82, 2.24) is 40.0 Å². The summed E-state index contributed by atoms with van der Waals surface area (Å²) in [7, 11) is 0. The molecule has 0 aliphatic rings. The van der Waals surface area contributed by atoms with Gasteiger partial charge in [0.25, 0.3) is 6.43 Å². The summed E-state index contributed by atoms with van der Waals surface area (Å²) in [5, 5.41) is 20.4. The topological polar surface area (TPSA) is 96.4 Å². The molecule has 0 unspecified atom stereocenters. The van der Waals surface area contributed by atoms with Crippen LogP contribution in [0.15, 0.2) is 42.7 Å². The number of aromatic nitrogens is 8. The van der Waals surface area contributed by atoms with E-state index < -0.39 is 6.43 Å². The van der Waals surface area contributed by atoms with E-state index in [1.807, 2.05) is 0 Å². The Morgan fingerprint density at radius 3 is 2.41 bits per heavy atom. The van der Waals surface area contributed by atoms with Crippen molar-refractivity contribution in [2.45, 2.75) is 26.9 Å². The third-order valence-corrected chi connectivity index (χ3v) is 4.17. The lowest BCUT2D eigenvalue weighted by molar-refractivity contribution is 0.151. The maximum absolute atomic E-state index is 12.8. The molecule has 0 fully saturated rings. The van der Waals surface area contributed by atoms with E-state index in [1.54, 1.807) is 49.1 Å². The number of halogens is 2. The third kappa shape index (κ3) is 3.93. The average Bonchev–Trinajstić information content (AvgIpc) is 3.32. The molecule has 0 bridgehead atoms. The molecule has 0 radical (unpaired) electrons. The van der Waals surface area contributed by atoms with Crippen LogP contribution in [0.1, 0.15) is 29.2 Å². The van der Waals surface area contributed by atoms with Gasteiger partial charge in [0.15, 0.2) is 5.82 Å². The standard InChI is InChI=1S/C18H16F2N8O/c1-11-15(28(26-22-11)14-5-3-13(4-6-14)18(19)20)9-29-17-8-7-16(23-24-17)27-10-21-12(2)25-27/h3-8,10,18H,9H2,1-2H3. The summed E-state index contributed by atoms with van der Waals surface area (Å²) < 4.78 is 34.3. The van der Waals surface area contributed by atoms with E-state index in [4.69, 9.17) is 4.74 Å². The minimum atomic E-state index is -2.52. The van der Waals surface area contributed by atoms with Gasteiger partial charge in [0.1, 0.15) is 24.5 Å². The van der Waals surface area contributed by atoms with Gasteiger partial charge in [-0.05, 0) is 32.0 Å². The molecule has 0 saturated heterocycles. The number of rotatable bonds is 6. The van der Waals surface area contributed by atoms with Crippen LogP contribution in [-0.4, -0.2) is 40.0 Å². The lowest BCUT2D eigenvalue weighted by Crippen LogP contribution is -2.08. The third-order valence-electron chi connectivity index (χ3n) is 4.17. The van der Waals surface area contributed by atoms with Crippen molar-refractivity contribution in [2.24, 2.45) is 0 Å². The molecule has 9 nitrogen and oxygen atoms in total. The van der Waals surface area contributed by atoms with Crippen molar-refractivity contribution < 1.29 is 13.5 Å². The van der Waals surface area contributed by atoms with Gasteiger partial charge in [-0.25, -0.2) is 23.1 Å². The van der Waals surface area contributed by atoms with Crippen molar-refractivity contribution in [2.75, 3.05) is 0 Å². The maximum atomic E-state index is 12.8. The Morgan fingerprint density at radius 1 is 1.00 bits per heavy atom. The first-order valence-electron chi connectivity index (χ1n) is 8.66. The summed E-state index contributed by atoms with van der Waals surface area (Å²) in [6.45, 7) is 3.70. The van der Waals surface area contributed by atoms with Gasteiger partial charge in [-0.2, -0.15) is 5.10 Å². The van der Waals surface area contributed by atoms with E-state index >= 15 is 0 Å². The monoisotopic (exact) mass is 398 g/mol. The van der Waals surface area contributed by atoms with Crippen LogP contribution in [0, 0.1) is 13.8 Å². The highest BCUT2D eigenvalue weighted by atomic mass is 19.3. The Hall–Kier alpha value is -3.76. The summed E-state index contributed by atoms with van der Waals surface area (Å²) in [5.41, 5.74) is 1.89. The first-order valence-corrected chi connectivity index (χ1v) is 8.66. The van der Waals surface area contributed by atoms with Crippen LogP contribution in [0.3, 0.4) is 0 Å². The van der Waals surface area contributed by atoms with Gasteiger partial charge < -0.3 is 4.74 Å². The number of aryl methyl sites for hydroxylation is 2. The molecule has 3 heterocycles. The van der Waals surface area contributed by atoms with Crippen LogP contribution in [0.2, 0.25) is 0 Å². The Bertz CT molecular complexity index is 1110. The summed E-state index contributed by atoms with van der Waals surface area (Å²) in [5.74, 6) is 1.45. The maximum Gasteiger partial charge on any atom is 0.263 e. The molecule has 4 rings (SSSR count). The second-order valence-corrected chi connectivity index (χ2v) is 6.18. The molecule has 0 amide bonds. The van der Waals surface area contributed by atoms with Crippen LogP contribution in [0.5, 0.6) is 5.88 Å². The average molecular weight is 398 g/mol. The van der Waals surface area contributed by atoms with Crippen molar-refractivity contribution in [3.8, 4) is 17.4 Å². The fourth-order valence-electron chi connectivity index (χ4n) is 2.62. The summed E-state index contributed by atoms with van der Waals surface area (Å²) in [6.07, 6.45) is -0.973. The molecule has 0 aliphatic heterocycles. The molecule has 29 heavy (non-hydrogen) atoms. The van der Waals surface area contributed by atoms with Gasteiger partial charge in [-0.15, -0.1) is 15.3 Å². The SMILES string of the molecule is Cc1ncn(-c2ccc(OCc3c(C)nnn3-c3ccc(C(F)F)cc3)nn2)n1. The molecule has 1 aromatic carbocycles. The molecular weight excluding hydrogens is 382 g/mol. The Morgan fingerprint density at radius 2 is 1.79 bits per heavy atom. The number of ether oxygens (including phenoxy) is 1. The largest absolute Gasteiger partial charge is 0.470 e. The fourth-order valence-corrected chi connectivity index (χ4v) is 2.62. The van der Waals surface area contributed by atoms with E-state index in [9.17, 15) is 8.78 Å². The zero-order valence-corrected chi connectivity index (χ0v) is 15.6. The van der Waals surface area contributed by atoms with Gasteiger partial charge >= 0.3 is 0 Å². The van der Waals surface area contributed by atoms with Gasteiger partial charge in [0, 0.05) is 11.6 Å². The quantitative estimate of drug-likeness (QED) is 0.493. The summed E-state index contributed by atoms with van der Waals surface area (Å²) >= 11 is 0. The normalized spacial score (nSPS) is 11.2. The first-order chi connectivity index (χ1) is 14.0. The summed E-state index contributed by atoms with van der Waals surface area (Å²) in [6, 6.07) is 9.22. The second kappa shape index (κ2) is 7.70.